The Balaban J connectivity index is 2.06. The number of nitrogens with two attached hydrogens (primary N) is 1. The summed E-state index contributed by atoms with van der Waals surface area (Å²) in [6, 6.07) is 7.64. The first-order valence-corrected chi connectivity index (χ1v) is 6.75. The van der Waals surface area contributed by atoms with E-state index in [0.717, 1.165) is 25.1 Å². The number of amides is 1. The van der Waals surface area contributed by atoms with Crippen molar-refractivity contribution in [2.45, 2.75) is 12.5 Å². The number of likely N-dealkylation sites (tertiary alicyclic amines) is 1. The summed E-state index contributed by atoms with van der Waals surface area (Å²) in [7, 11) is 4.10. The highest BCUT2D eigenvalue weighted by Crippen LogP contribution is 2.16. The van der Waals surface area contributed by atoms with E-state index in [4.69, 9.17) is 18.0 Å². The second-order valence-electron chi connectivity index (χ2n) is 5.10. The molecule has 0 spiro atoms. The molecule has 2 rings (SSSR count). The molecule has 1 saturated heterocycles. The second-order valence-corrected chi connectivity index (χ2v) is 5.54. The van der Waals surface area contributed by atoms with Crippen molar-refractivity contribution in [3.63, 3.8) is 0 Å². The molecule has 1 atom stereocenters. The van der Waals surface area contributed by atoms with Gasteiger partial charge in [0.15, 0.2) is 0 Å². The van der Waals surface area contributed by atoms with Crippen LogP contribution < -0.4 is 5.73 Å². The van der Waals surface area contributed by atoms with Gasteiger partial charge in [-0.3, -0.25) is 4.79 Å². The number of nitrogens with zero attached hydrogens (tertiary/aromatic N) is 2. The monoisotopic (exact) mass is 277 g/mol. The van der Waals surface area contributed by atoms with Crippen LogP contribution in [0.25, 0.3) is 0 Å². The number of hydrogen-bond acceptors (Lipinski definition) is 3. The molecule has 4 nitrogen and oxygen atoms in total. The summed E-state index contributed by atoms with van der Waals surface area (Å²) in [4.78, 5) is 16.8. The SMILES string of the molecule is CN(C)C1CCN(C(=O)c2ccc(C(N)=S)cc2)C1. The molecule has 1 aliphatic heterocycles. The Morgan fingerprint density at radius 2 is 1.89 bits per heavy atom. The normalized spacial score (nSPS) is 18.9. The van der Waals surface area contributed by atoms with Crippen molar-refractivity contribution < 1.29 is 4.79 Å². The van der Waals surface area contributed by atoms with Crippen LogP contribution in [0.3, 0.4) is 0 Å². The summed E-state index contributed by atoms with van der Waals surface area (Å²) in [6.45, 7) is 1.61. The first-order valence-electron chi connectivity index (χ1n) is 6.34. The highest BCUT2D eigenvalue weighted by Gasteiger charge is 2.27. The zero-order valence-corrected chi connectivity index (χ0v) is 12.1. The molecule has 0 radical (unpaired) electrons. The van der Waals surface area contributed by atoms with E-state index in [0.29, 0.717) is 16.6 Å². The molecule has 102 valence electrons. The minimum Gasteiger partial charge on any atom is -0.389 e. The minimum absolute atomic E-state index is 0.0823. The Kier molecular flexibility index (Phi) is 4.17. The maximum absolute atomic E-state index is 12.3. The predicted octanol–water partition coefficient (Wildman–Crippen LogP) is 1.10. The molecule has 1 unspecified atom stereocenters. The Bertz CT molecular complexity index is 484. The van der Waals surface area contributed by atoms with E-state index in [2.05, 4.69) is 19.0 Å². The van der Waals surface area contributed by atoms with Crippen LogP contribution in [0.4, 0.5) is 0 Å². The maximum atomic E-state index is 12.3. The van der Waals surface area contributed by atoms with E-state index >= 15 is 0 Å². The number of hydrogen-bond donors (Lipinski definition) is 1. The highest BCUT2D eigenvalue weighted by atomic mass is 32.1. The minimum atomic E-state index is 0.0823. The zero-order valence-electron chi connectivity index (χ0n) is 11.3. The van der Waals surface area contributed by atoms with Gasteiger partial charge in [0, 0.05) is 30.3 Å². The van der Waals surface area contributed by atoms with Crippen LogP contribution in [0, 0.1) is 0 Å². The van der Waals surface area contributed by atoms with Crippen LogP contribution in [-0.4, -0.2) is 53.9 Å². The van der Waals surface area contributed by atoms with E-state index in [1.165, 1.54) is 0 Å². The number of rotatable bonds is 3. The van der Waals surface area contributed by atoms with Gasteiger partial charge in [0.05, 0.1) is 0 Å². The molecule has 1 amide bonds. The van der Waals surface area contributed by atoms with Crippen molar-refractivity contribution in [3.05, 3.63) is 35.4 Å². The fourth-order valence-corrected chi connectivity index (χ4v) is 2.44. The highest BCUT2D eigenvalue weighted by molar-refractivity contribution is 7.80. The fraction of sp³-hybridized carbons (Fsp3) is 0.429. The van der Waals surface area contributed by atoms with Gasteiger partial charge in [0.25, 0.3) is 5.91 Å². The summed E-state index contributed by atoms with van der Waals surface area (Å²) < 4.78 is 0. The standard InChI is InChI=1S/C14H19N3OS/c1-16(2)12-7-8-17(9-12)14(18)11-5-3-10(4-6-11)13(15)19/h3-6,12H,7-9H2,1-2H3,(H2,15,19). The van der Waals surface area contributed by atoms with Crippen LogP contribution in [0.15, 0.2) is 24.3 Å². The Hall–Kier alpha value is -1.46. The van der Waals surface area contributed by atoms with Crippen molar-refractivity contribution in [2.24, 2.45) is 5.73 Å². The van der Waals surface area contributed by atoms with E-state index in [9.17, 15) is 4.79 Å². The van der Waals surface area contributed by atoms with Gasteiger partial charge in [-0.15, -0.1) is 0 Å². The van der Waals surface area contributed by atoms with Gasteiger partial charge in [0.1, 0.15) is 4.99 Å². The van der Waals surface area contributed by atoms with Crippen molar-refractivity contribution >= 4 is 23.1 Å². The third-order valence-electron chi connectivity index (χ3n) is 3.60. The van der Waals surface area contributed by atoms with Crippen LogP contribution in [0.1, 0.15) is 22.3 Å². The molecular formula is C14H19N3OS. The Morgan fingerprint density at radius 1 is 1.32 bits per heavy atom. The van der Waals surface area contributed by atoms with Crippen molar-refractivity contribution in [1.82, 2.24) is 9.80 Å². The van der Waals surface area contributed by atoms with E-state index in [-0.39, 0.29) is 5.91 Å². The summed E-state index contributed by atoms with van der Waals surface area (Å²) in [5.74, 6) is 0.0823. The maximum Gasteiger partial charge on any atom is 0.253 e. The molecule has 1 fully saturated rings. The molecule has 5 heteroatoms. The molecule has 0 bridgehead atoms. The van der Waals surface area contributed by atoms with Gasteiger partial charge in [-0.25, -0.2) is 0 Å². The van der Waals surface area contributed by atoms with Crippen molar-refractivity contribution in [3.8, 4) is 0 Å². The molecule has 1 aliphatic rings. The van der Waals surface area contributed by atoms with E-state index < -0.39 is 0 Å². The lowest BCUT2D eigenvalue weighted by atomic mass is 10.1. The fourth-order valence-electron chi connectivity index (χ4n) is 2.31. The molecule has 1 heterocycles. The lowest BCUT2D eigenvalue weighted by Crippen LogP contribution is -2.34. The Labute approximate surface area is 119 Å². The van der Waals surface area contributed by atoms with E-state index in [1.807, 2.05) is 4.90 Å². The zero-order chi connectivity index (χ0) is 14.0. The largest absolute Gasteiger partial charge is 0.389 e. The van der Waals surface area contributed by atoms with Gasteiger partial charge in [-0.1, -0.05) is 24.4 Å². The van der Waals surface area contributed by atoms with Gasteiger partial charge in [-0.2, -0.15) is 0 Å². The van der Waals surface area contributed by atoms with Crippen LogP contribution in [-0.2, 0) is 0 Å². The summed E-state index contributed by atoms with van der Waals surface area (Å²) in [5, 5.41) is 0. The number of carbonyl (C=O) groups is 1. The topological polar surface area (TPSA) is 49.6 Å². The first-order chi connectivity index (χ1) is 8.99. The average Bonchev–Trinajstić information content (AvgIpc) is 2.87. The third-order valence-corrected chi connectivity index (χ3v) is 3.83. The molecule has 0 aromatic heterocycles. The second kappa shape index (κ2) is 5.67. The average molecular weight is 277 g/mol. The first kappa shape index (κ1) is 14.0. The van der Waals surface area contributed by atoms with Gasteiger partial charge >= 0.3 is 0 Å². The van der Waals surface area contributed by atoms with Crippen molar-refractivity contribution in [2.75, 3.05) is 27.2 Å². The van der Waals surface area contributed by atoms with E-state index in [1.54, 1.807) is 24.3 Å². The summed E-state index contributed by atoms with van der Waals surface area (Å²) in [5.41, 5.74) is 7.03. The molecule has 2 N–H and O–H groups in total. The molecule has 0 aliphatic carbocycles. The van der Waals surface area contributed by atoms with Crippen LogP contribution in [0.2, 0.25) is 0 Å². The van der Waals surface area contributed by atoms with Gasteiger partial charge in [0.2, 0.25) is 0 Å². The quantitative estimate of drug-likeness (QED) is 0.841. The predicted molar refractivity (Wildman–Crippen MR) is 80.3 cm³/mol. The smallest absolute Gasteiger partial charge is 0.253 e. The third kappa shape index (κ3) is 3.11. The summed E-state index contributed by atoms with van der Waals surface area (Å²) in [6.07, 6.45) is 1.03. The molecule has 1 aromatic carbocycles. The molecular weight excluding hydrogens is 258 g/mol. The number of carbonyl (C=O) groups excluding carboxylic acids is 1. The van der Waals surface area contributed by atoms with Gasteiger partial charge in [-0.05, 0) is 32.6 Å². The molecule has 1 aromatic rings. The molecule has 19 heavy (non-hydrogen) atoms. The number of thiocarbonyl (C=S) groups is 1. The lowest BCUT2D eigenvalue weighted by molar-refractivity contribution is 0.0783. The Morgan fingerprint density at radius 3 is 2.37 bits per heavy atom. The lowest BCUT2D eigenvalue weighted by Gasteiger charge is -2.20. The van der Waals surface area contributed by atoms with Crippen molar-refractivity contribution in [1.29, 1.82) is 0 Å². The number of benzene rings is 1. The summed E-state index contributed by atoms with van der Waals surface area (Å²) >= 11 is 4.90. The van der Waals surface area contributed by atoms with Crippen LogP contribution in [0.5, 0.6) is 0 Å². The van der Waals surface area contributed by atoms with Gasteiger partial charge < -0.3 is 15.5 Å². The number of likely N-dealkylation sites (N-methyl/N-ethyl adjacent to an activating group) is 1. The van der Waals surface area contributed by atoms with Crippen LogP contribution >= 0.6 is 12.2 Å². The molecule has 0 saturated carbocycles.